The molecule has 0 aliphatic carbocycles. The second kappa shape index (κ2) is 7.93. The average molecular weight is 326 g/mol. The molecular formula is C18H34N2O3. The maximum Gasteiger partial charge on any atom is 0.220 e. The van der Waals surface area contributed by atoms with Gasteiger partial charge in [0.05, 0.1) is 0 Å². The fourth-order valence-electron chi connectivity index (χ4n) is 2.22. The molecule has 0 fully saturated rings. The van der Waals surface area contributed by atoms with Crippen LogP contribution in [0.3, 0.4) is 0 Å². The van der Waals surface area contributed by atoms with Crippen LogP contribution in [0.4, 0.5) is 0 Å². The lowest BCUT2D eigenvalue weighted by atomic mass is 9.77. The maximum absolute atomic E-state index is 12.0. The van der Waals surface area contributed by atoms with Crippen LogP contribution in [0.15, 0.2) is 0 Å². The standard InChI is InChI=1S/C18H34N2O3/c1-13(21)18(8,11-9-14(22)19-16(2,3)4)12-10-15(23)20-17(5,6)7/h9-12H2,1-8H3,(H,19,22)(H,20,23). The maximum atomic E-state index is 12.0. The van der Waals surface area contributed by atoms with E-state index in [2.05, 4.69) is 10.6 Å². The smallest absolute Gasteiger partial charge is 0.220 e. The molecule has 0 aliphatic heterocycles. The molecule has 0 saturated carbocycles. The highest BCUT2D eigenvalue weighted by Gasteiger charge is 2.31. The van der Waals surface area contributed by atoms with Crippen LogP contribution in [0.1, 0.15) is 81.1 Å². The van der Waals surface area contributed by atoms with Crippen molar-refractivity contribution in [3.63, 3.8) is 0 Å². The molecule has 0 spiro atoms. The van der Waals surface area contributed by atoms with E-state index in [0.29, 0.717) is 12.8 Å². The zero-order valence-corrected chi connectivity index (χ0v) is 16.1. The molecule has 2 N–H and O–H groups in total. The Labute approximate surface area is 141 Å². The summed E-state index contributed by atoms with van der Waals surface area (Å²) in [7, 11) is 0. The summed E-state index contributed by atoms with van der Waals surface area (Å²) < 4.78 is 0. The summed E-state index contributed by atoms with van der Waals surface area (Å²) >= 11 is 0. The third kappa shape index (κ3) is 10.1. The fourth-order valence-corrected chi connectivity index (χ4v) is 2.22. The summed E-state index contributed by atoms with van der Waals surface area (Å²) in [6.45, 7) is 14.9. The number of carbonyl (C=O) groups excluding carboxylic acids is 3. The lowest BCUT2D eigenvalue weighted by Gasteiger charge is -2.28. The Morgan fingerprint density at radius 2 is 1.00 bits per heavy atom. The molecule has 0 heterocycles. The van der Waals surface area contributed by atoms with E-state index >= 15 is 0 Å². The van der Waals surface area contributed by atoms with Crippen LogP contribution >= 0.6 is 0 Å². The van der Waals surface area contributed by atoms with E-state index in [9.17, 15) is 14.4 Å². The third-order valence-electron chi connectivity index (χ3n) is 3.69. The molecule has 0 aromatic carbocycles. The molecule has 0 atom stereocenters. The summed E-state index contributed by atoms with van der Waals surface area (Å²) in [5, 5.41) is 5.79. The zero-order chi connectivity index (χ0) is 18.5. The summed E-state index contributed by atoms with van der Waals surface area (Å²) in [5.74, 6) is -0.113. The first-order valence-electron chi connectivity index (χ1n) is 8.28. The molecule has 0 radical (unpaired) electrons. The van der Waals surface area contributed by atoms with Crippen molar-refractivity contribution in [2.45, 2.75) is 92.2 Å². The van der Waals surface area contributed by atoms with E-state index < -0.39 is 5.41 Å². The van der Waals surface area contributed by atoms with Gasteiger partial charge in [0.2, 0.25) is 11.8 Å². The summed E-state index contributed by atoms with van der Waals surface area (Å²) in [4.78, 5) is 35.9. The van der Waals surface area contributed by atoms with E-state index in [4.69, 9.17) is 0 Å². The molecule has 0 saturated heterocycles. The van der Waals surface area contributed by atoms with Crippen molar-refractivity contribution in [2.75, 3.05) is 0 Å². The first-order valence-corrected chi connectivity index (χ1v) is 8.28. The molecule has 134 valence electrons. The highest BCUT2D eigenvalue weighted by Crippen LogP contribution is 2.30. The Bertz CT molecular complexity index is 410. The zero-order valence-electron chi connectivity index (χ0n) is 16.1. The molecular weight excluding hydrogens is 292 g/mol. The van der Waals surface area contributed by atoms with E-state index in [1.807, 2.05) is 48.5 Å². The SMILES string of the molecule is CC(=O)C(C)(CCC(=O)NC(C)(C)C)CCC(=O)NC(C)(C)C. The number of amides is 2. The lowest BCUT2D eigenvalue weighted by molar-refractivity contribution is -0.129. The topological polar surface area (TPSA) is 75.3 Å². The Morgan fingerprint density at radius 3 is 1.22 bits per heavy atom. The first-order chi connectivity index (χ1) is 10.1. The normalized spacial score (nSPS) is 12.7. The summed E-state index contributed by atoms with van der Waals surface area (Å²) in [6.07, 6.45) is 1.47. The van der Waals surface area contributed by atoms with Crippen molar-refractivity contribution >= 4 is 17.6 Å². The van der Waals surface area contributed by atoms with Gasteiger partial charge >= 0.3 is 0 Å². The van der Waals surface area contributed by atoms with E-state index in [1.165, 1.54) is 6.92 Å². The van der Waals surface area contributed by atoms with Gasteiger partial charge in [-0.15, -0.1) is 0 Å². The van der Waals surface area contributed by atoms with E-state index in [-0.39, 0.29) is 41.5 Å². The Balaban J connectivity index is 4.61. The van der Waals surface area contributed by atoms with Crippen LogP contribution in [0.25, 0.3) is 0 Å². The van der Waals surface area contributed by atoms with Crippen LogP contribution in [0, 0.1) is 5.41 Å². The second-order valence-electron chi connectivity index (χ2n) is 8.71. The quantitative estimate of drug-likeness (QED) is 0.755. The van der Waals surface area contributed by atoms with Gasteiger partial charge < -0.3 is 10.6 Å². The van der Waals surface area contributed by atoms with E-state index in [1.54, 1.807) is 0 Å². The number of carbonyl (C=O) groups is 3. The van der Waals surface area contributed by atoms with Crippen molar-refractivity contribution in [1.29, 1.82) is 0 Å². The molecule has 0 rings (SSSR count). The Morgan fingerprint density at radius 1 is 0.696 bits per heavy atom. The average Bonchev–Trinajstić information content (AvgIpc) is 2.29. The minimum Gasteiger partial charge on any atom is -0.352 e. The number of Topliss-reactive ketones (excluding diaryl/α,β-unsaturated/α-hetero) is 1. The number of rotatable bonds is 7. The predicted molar refractivity (Wildman–Crippen MR) is 93.0 cm³/mol. The molecule has 0 aliphatic rings. The minimum atomic E-state index is -0.648. The number of hydrogen-bond acceptors (Lipinski definition) is 3. The van der Waals surface area contributed by atoms with E-state index in [0.717, 1.165) is 0 Å². The van der Waals surface area contributed by atoms with Gasteiger partial charge in [0, 0.05) is 29.3 Å². The molecule has 5 heteroatoms. The van der Waals surface area contributed by atoms with Crippen molar-refractivity contribution < 1.29 is 14.4 Å². The largest absolute Gasteiger partial charge is 0.352 e. The molecule has 5 nitrogen and oxygen atoms in total. The highest BCUT2D eigenvalue weighted by atomic mass is 16.2. The lowest BCUT2D eigenvalue weighted by Crippen LogP contribution is -2.42. The highest BCUT2D eigenvalue weighted by molar-refractivity contribution is 5.84. The number of hydrogen-bond donors (Lipinski definition) is 2. The molecule has 0 bridgehead atoms. The van der Waals surface area contributed by atoms with Crippen molar-refractivity contribution in [2.24, 2.45) is 5.41 Å². The molecule has 23 heavy (non-hydrogen) atoms. The fraction of sp³-hybridized carbons (Fsp3) is 0.833. The van der Waals surface area contributed by atoms with Crippen LogP contribution in [-0.2, 0) is 14.4 Å². The molecule has 0 aromatic heterocycles. The van der Waals surface area contributed by atoms with Crippen LogP contribution < -0.4 is 10.6 Å². The first kappa shape index (κ1) is 21.6. The van der Waals surface area contributed by atoms with Gasteiger partial charge in [-0.3, -0.25) is 14.4 Å². The summed E-state index contributed by atoms with van der Waals surface area (Å²) in [6, 6.07) is 0. The Kier molecular flexibility index (Phi) is 7.45. The van der Waals surface area contributed by atoms with Crippen molar-refractivity contribution in [3.8, 4) is 0 Å². The Hall–Kier alpha value is -1.39. The number of nitrogens with one attached hydrogen (secondary N) is 2. The number of ketones is 1. The van der Waals surface area contributed by atoms with Crippen LogP contribution in [0.2, 0.25) is 0 Å². The van der Waals surface area contributed by atoms with Gasteiger partial charge in [-0.1, -0.05) is 6.92 Å². The minimum absolute atomic E-state index is 0.0182. The van der Waals surface area contributed by atoms with Gasteiger partial charge in [0.25, 0.3) is 0 Å². The van der Waals surface area contributed by atoms with Crippen LogP contribution in [0.5, 0.6) is 0 Å². The van der Waals surface area contributed by atoms with Gasteiger partial charge in [0.1, 0.15) is 5.78 Å². The predicted octanol–water partition coefficient (Wildman–Crippen LogP) is 2.97. The van der Waals surface area contributed by atoms with Gasteiger partial charge in [0.15, 0.2) is 0 Å². The van der Waals surface area contributed by atoms with Crippen molar-refractivity contribution in [1.82, 2.24) is 10.6 Å². The van der Waals surface area contributed by atoms with Gasteiger partial charge in [-0.25, -0.2) is 0 Å². The van der Waals surface area contributed by atoms with Crippen molar-refractivity contribution in [3.05, 3.63) is 0 Å². The van der Waals surface area contributed by atoms with Crippen LogP contribution in [-0.4, -0.2) is 28.7 Å². The monoisotopic (exact) mass is 326 g/mol. The molecule has 0 unspecified atom stereocenters. The molecule has 2 amide bonds. The summed E-state index contributed by atoms with van der Waals surface area (Å²) in [5.41, 5.74) is -1.21. The van der Waals surface area contributed by atoms with Gasteiger partial charge in [-0.05, 0) is 61.3 Å². The van der Waals surface area contributed by atoms with Gasteiger partial charge in [-0.2, -0.15) is 0 Å². The third-order valence-corrected chi connectivity index (χ3v) is 3.69. The second-order valence-corrected chi connectivity index (χ2v) is 8.71. The molecule has 0 aromatic rings.